The number of carbonyl (C=O) groups excluding carboxylic acids is 2. The number of halogens is 3. The quantitative estimate of drug-likeness (QED) is 0.748. The molecule has 2 amide bonds. The van der Waals surface area contributed by atoms with Crippen molar-refractivity contribution in [2.45, 2.75) is 31.6 Å². The molecular weight excluding hydrogens is 364 g/mol. The number of rotatable bonds is 7. The maximum atomic E-state index is 13.1. The van der Waals surface area contributed by atoms with Gasteiger partial charge < -0.3 is 16.0 Å². The molecule has 26 heavy (non-hydrogen) atoms. The topological polar surface area (TPSA) is 75.4 Å². The van der Waals surface area contributed by atoms with Gasteiger partial charge in [-0.15, -0.1) is 12.4 Å². The van der Waals surface area contributed by atoms with E-state index >= 15 is 0 Å². The van der Waals surface area contributed by atoms with Gasteiger partial charge in [-0.05, 0) is 24.8 Å². The molecule has 0 aliphatic carbocycles. The Morgan fingerprint density at radius 3 is 2.38 bits per heavy atom. The van der Waals surface area contributed by atoms with Crippen LogP contribution in [0.3, 0.4) is 0 Å². The number of likely N-dealkylation sites (tertiary alicyclic amines) is 1. The molecule has 1 heterocycles. The predicted octanol–water partition coefficient (Wildman–Crippen LogP) is 1.99. The Labute approximate surface area is 158 Å². The van der Waals surface area contributed by atoms with Crippen molar-refractivity contribution in [3.8, 4) is 0 Å². The molecule has 0 aromatic heterocycles. The number of nitrogens with one attached hydrogen (secondary N) is 1. The fourth-order valence-corrected chi connectivity index (χ4v) is 2.88. The highest BCUT2D eigenvalue weighted by atomic mass is 35.5. The van der Waals surface area contributed by atoms with E-state index in [-0.39, 0.29) is 30.1 Å². The van der Waals surface area contributed by atoms with E-state index in [9.17, 15) is 18.4 Å². The van der Waals surface area contributed by atoms with Gasteiger partial charge in [0.1, 0.15) is 0 Å². The van der Waals surface area contributed by atoms with Gasteiger partial charge in [-0.2, -0.15) is 0 Å². The number of piperidine rings is 1. The highest BCUT2D eigenvalue weighted by molar-refractivity contribution is 5.85. The third-order valence-corrected chi connectivity index (χ3v) is 4.51. The Morgan fingerprint density at radius 1 is 1.19 bits per heavy atom. The highest BCUT2D eigenvalue weighted by Crippen LogP contribution is 2.19. The van der Waals surface area contributed by atoms with E-state index in [1.807, 2.05) is 30.3 Å². The number of amides is 2. The second-order valence-electron chi connectivity index (χ2n) is 6.42. The Kier molecular flexibility index (Phi) is 8.95. The lowest BCUT2D eigenvalue weighted by Crippen LogP contribution is -2.46. The highest BCUT2D eigenvalue weighted by Gasteiger charge is 2.31. The number of nitrogens with zero attached hydrogens (tertiary/aromatic N) is 1. The smallest absolute Gasteiger partial charge is 0.277 e. The first kappa shape index (κ1) is 22.3. The molecule has 8 heteroatoms. The summed E-state index contributed by atoms with van der Waals surface area (Å²) in [6.07, 6.45) is 2.12. The van der Waals surface area contributed by atoms with Gasteiger partial charge in [-0.1, -0.05) is 30.3 Å². The zero-order chi connectivity index (χ0) is 18.3. The molecule has 0 unspecified atom stereocenters. The van der Waals surface area contributed by atoms with Crippen LogP contribution < -0.4 is 11.1 Å². The Balaban J connectivity index is 0.00000338. The lowest BCUT2D eigenvalue weighted by atomic mass is 9.95. The largest absolute Gasteiger partial charge is 0.350 e. The van der Waals surface area contributed by atoms with Crippen molar-refractivity contribution < 1.29 is 18.4 Å². The summed E-state index contributed by atoms with van der Waals surface area (Å²) in [4.78, 5) is 26.0. The van der Waals surface area contributed by atoms with Gasteiger partial charge in [0.25, 0.3) is 5.92 Å². The minimum Gasteiger partial charge on any atom is -0.350 e. The molecule has 0 atom stereocenters. The summed E-state index contributed by atoms with van der Waals surface area (Å²) in [7, 11) is 0. The molecule has 5 nitrogen and oxygen atoms in total. The van der Waals surface area contributed by atoms with Gasteiger partial charge in [-0.25, -0.2) is 8.78 Å². The minimum atomic E-state index is -3.08. The first-order chi connectivity index (χ1) is 11.9. The van der Waals surface area contributed by atoms with Crippen LogP contribution >= 0.6 is 12.4 Å². The Morgan fingerprint density at radius 2 is 1.81 bits per heavy atom. The Hall–Kier alpha value is -1.73. The number of hydrogen-bond acceptors (Lipinski definition) is 3. The van der Waals surface area contributed by atoms with E-state index < -0.39 is 19.0 Å². The molecule has 1 aliphatic rings. The van der Waals surface area contributed by atoms with Crippen molar-refractivity contribution >= 4 is 24.2 Å². The maximum Gasteiger partial charge on any atom is 0.277 e. The molecule has 0 bridgehead atoms. The lowest BCUT2D eigenvalue weighted by molar-refractivity contribution is -0.136. The lowest BCUT2D eigenvalue weighted by Gasteiger charge is -2.31. The Bertz CT molecular complexity index is 579. The van der Waals surface area contributed by atoms with Crippen molar-refractivity contribution in [2.75, 3.05) is 26.2 Å². The third kappa shape index (κ3) is 6.88. The van der Waals surface area contributed by atoms with E-state index in [0.29, 0.717) is 38.8 Å². The molecule has 0 saturated carbocycles. The summed E-state index contributed by atoms with van der Waals surface area (Å²) >= 11 is 0. The van der Waals surface area contributed by atoms with Gasteiger partial charge in [0, 0.05) is 25.4 Å². The molecule has 1 aliphatic heterocycles. The predicted molar refractivity (Wildman–Crippen MR) is 98.3 cm³/mol. The molecule has 0 radical (unpaired) electrons. The maximum absolute atomic E-state index is 13.1. The van der Waals surface area contributed by atoms with Crippen LogP contribution in [0.15, 0.2) is 30.3 Å². The van der Waals surface area contributed by atoms with Crippen LogP contribution in [0.1, 0.15) is 24.8 Å². The van der Waals surface area contributed by atoms with Gasteiger partial charge in [-0.3, -0.25) is 9.59 Å². The van der Waals surface area contributed by atoms with Gasteiger partial charge >= 0.3 is 0 Å². The number of nitrogens with two attached hydrogens (primary N) is 1. The van der Waals surface area contributed by atoms with Crippen LogP contribution in [0, 0.1) is 5.92 Å². The number of aryl methyl sites for hydroxylation is 1. The molecule has 0 spiro atoms. The van der Waals surface area contributed by atoms with E-state index in [2.05, 4.69) is 5.32 Å². The average molecular weight is 390 g/mol. The standard InChI is InChI=1S/C18H25F2N3O2.ClH/c19-18(20,12-21)13-22-17(25)15-8-10-23(11-9-15)16(24)7-6-14-4-2-1-3-5-14;/h1-5,15H,6-13,21H2,(H,22,25);1H. The van der Waals surface area contributed by atoms with Gasteiger partial charge in [0.05, 0.1) is 13.1 Å². The van der Waals surface area contributed by atoms with Crippen molar-refractivity contribution in [2.24, 2.45) is 11.7 Å². The first-order valence-electron chi connectivity index (χ1n) is 8.58. The number of hydrogen-bond donors (Lipinski definition) is 2. The SMILES string of the molecule is Cl.NCC(F)(F)CNC(=O)C1CCN(C(=O)CCc2ccccc2)CC1. The molecular formula is C18H26ClF2N3O2. The van der Waals surface area contributed by atoms with E-state index in [1.165, 1.54) is 0 Å². The molecule has 1 fully saturated rings. The second-order valence-corrected chi connectivity index (χ2v) is 6.42. The van der Waals surface area contributed by atoms with Crippen LogP contribution in [-0.2, 0) is 16.0 Å². The number of alkyl halides is 2. The van der Waals surface area contributed by atoms with Gasteiger partial charge in [0.2, 0.25) is 11.8 Å². The van der Waals surface area contributed by atoms with Crippen LogP contribution in [-0.4, -0.2) is 48.8 Å². The monoisotopic (exact) mass is 389 g/mol. The summed E-state index contributed by atoms with van der Waals surface area (Å²) in [6, 6.07) is 9.79. The van der Waals surface area contributed by atoms with Crippen LogP contribution in [0.5, 0.6) is 0 Å². The summed E-state index contributed by atoms with van der Waals surface area (Å²) in [5.74, 6) is -3.72. The average Bonchev–Trinajstić information content (AvgIpc) is 2.65. The summed E-state index contributed by atoms with van der Waals surface area (Å²) in [6.45, 7) is -0.557. The first-order valence-corrected chi connectivity index (χ1v) is 8.58. The summed E-state index contributed by atoms with van der Waals surface area (Å²) < 4.78 is 26.2. The van der Waals surface area contributed by atoms with Gasteiger partial charge in [0.15, 0.2) is 0 Å². The molecule has 3 N–H and O–H groups in total. The van der Waals surface area contributed by atoms with Crippen molar-refractivity contribution in [3.63, 3.8) is 0 Å². The van der Waals surface area contributed by atoms with Crippen LogP contribution in [0.25, 0.3) is 0 Å². The molecule has 146 valence electrons. The number of carbonyl (C=O) groups is 2. The normalized spacial score (nSPS) is 15.3. The zero-order valence-electron chi connectivity index (χ0n) is 14.6. The summed E-state index contributed by atoms with van der Waals surface area (Å²) in [5.41, 5.74) is 6.06. The van der Waals surface area contributed by atoms with E-state index in [1.54, 1.807) is 4.90 Å². The van der Waals surface area contributed by atoms with Crippen LogP contribution in [0.4, 0.5) is 8.78 Å². The third-order valence-electron chi connectivity index (χ3n) is 4.51. The molecule has 1 saturated heterocycles. The molecule has 1 aromatic rings. The number of benzene rings is 1. The summed E-state index contributed by atoms with van der Waals surface area (Å²) in [5, 5.41) is 2.26. The van der Waals surface area contributed by atoms with Crippen molar-refractivity contribution in [1.82, 2.24) is 10.2 Å². The van der Waals surface area contributed by atoms with Crippen molar-refractivity contribution in [1.29, 1.82) is 0 Å². The van der Waals surface area contributed by atoms with Crippen molar-refractivity contribution in [3.05, 3.63) is 35.9 Å². The molecule has 1 aromatic carbocycles. The fraction of sp³-hybridized carbons (Fsp3) is 0.556. The van der Waals surface area contributed by atoms with E-state index in [4.69, 9.17) is 5.73 Å². The van der Waals surface area contributed by atoms with E-state index in [0.717, 1.165) is 5.56 Å². The second kappa shape index (κ2) is 10.4. The molecule has 2 rings (SSSR count). The minimum absolute atomic E-state index is 0. The van der Waals surface area contributed by atoms with Crippen LogP contribution in [0.2, 0.25) is 0 Å². The fourth-order valence-electron chi connectivity index (χ4n) is 2.88. The zero-order valence-corrected chi connectivity index (χ0v) is 15.4.